The van der Waals surface area contributed by atoms with E-state index in [0.717, 1.165) is 24.9 Å². The molecule has 2 atom stereocenters. The van der Waals surface area contributed by atoms with E-state index >= 15 is 0 Å². The van der Waals surface area contributed by atoms with E-state index in [1.54, 1.807) is 12.1 Å². The molecule has 0 unspecified atom stereocenters. The van der Waals surface area contributed by atoms with Crippen molar-refractivity contribution in [3.8, 4) is 0 Å². The van der Waals surface area contributed by atoms with Crippen molar-refractivity contribution in [2.75, 3.05) is 13.1 Å². The lowest BCUT2D eigenvalue weighted by Crippen LogP contribution is -2.45. The largest absolute Gasteiger partial charge is 0.364 e. The quantitative estimate of drug-likeness (QED) is 0.658. The molecule has 2 amide bonds. The summed E-state index contributed by atoms with van der Waals surface area (Å²) >= 11 is 0. The van der Waals surface area contributed by atoms with E-state index in [4.69, 9.17) is 4.52 Å². The minimum Gasteiger partial charge on any atom is -0.364 e. The Kier molecular flexibility index (Phi) is 6.42. The highest BCUT2D eigenvalue weighted by Crippen LogP contribution is 2.35. The molecule has 0 bridgehead atoms. The molecule has 0 radical (unpaired) electrons. The van der Waals surface area contributed by atoms with E-state index in [-0.39, 0.29) is 35.4 Å². The summed E-state index contributed by atoms with van der Waals surface area (Å²) in [6.45, 7) is 1.81. The average Bonchev–Trinajstić information content (AvgIpc) is 3.23. The third kappa shape index (κ3) is 5.44. The Bertz CT molecular complexity index is 869. The van der Waals surface area contributed by atoms with Crippen LogP contribution in [0.2, 0.25) is 0 Å². The third-order valence-corrected chi connectivity index (χ3v) is 5.91. The molecule has 30 heavy (non-hydrogen) atoms. The lowest BCUT2D eigenvalue weighted by atomic mass is 10.1. The summed E-state index contributed by atoms with van der Waals surface area (Å²) in [5, 5.41) is 9.51. The molecule has 2 aliphatic rings. The molecule has 1 aliphatic heterocycles. The van der Waals surface area contributed by atoms with Crippen molar-refractivity contribution in [3.05, 3.63) is 53.7 Å². The van der Waals surface area contributed by atoms with Gasteiger partial charge in [0.25, 0.3) is 5.91 Å². The van der Waals surface area contributed by atoms with E-state index in [9.17, 15) is 14.0 Å². The van der Waals surface area contributed by atoms with Crippen molar-refractivity contribution in [1.82, 2.24) is 20.7 Å². The molecular weight excluding hydrogens is 387 g/mol. The number of amides is 2. The maximum atomic E-state index is 13.3. The van der Waals surface area contributed by atoms with E-state index in [0.29, 0.717) is 25.4 Å². The first-order chi connectivity index (χ1) is 14.6. The fraction of sp³-hybridized carbons (Fsp3) is 0.500. The number of likely N-dealkylation sites (tertiary alicyclic amines) is 1. The molecule has 1 aliphatic carbocycles. The Morgan fingerprint density at radius 1 is 1.13 bits per heavy atom. The number of halogens is 1. The van der Waals surface area contributed by atoms with Crippen LogP contribution in [0.4, 0.5) is 4.39 Å². The van der Waals surface area contributed by atoms with E-state index in [2.05, 4.69) is 20.7 Å². The summed E-state index contributed by atoms with van der Waals surface area (Å²) < 4.78 is 18.0. The fourth-order valence-electron chi connectivity index (χ4n) is 4.11. The van der Waals surface area contributed by atoms with Crippen LogP contribution in [0.5, 0.6) is 0 Å². The summed E-state index contributed by atoms with van der Waals surface area (Å²) in [5.74, 6) is 0.113. The molecule has 7 nitrogen and oxygen atoms in total. The molecule has 2 N–H and O–H groups in total. The Morgan fingerprint density at radius 3 is 2.70 bits per heavy atom. The highest BCUT2D eigenvalue weighted by molar-refractivity contribution is 5.91. The van der Waals surface area contributed by atoms with Crippen LogP contribution in [0.1, 0.15) is 48.2 Å². The van der Waals surface area contributed by atoms with Gasteiger partial charge in [0.1, 0.15) is 12.1 Å². The second kappa shape index (κ2) is 9.38. The predicted octanol–water partition coefficient (Wildman–Crippen LogP) is 2.49. The Labute approximate surface area is 175 Å². The predicted molar refractivity (Wildman–Crippen MR) is 108 cm³/mol. The first-order valence-corrected chi connectivity index (χ1v) is 10.5. The smallest absolute Gasteiger partial charge is 0.273 e. The minimum atomic E-state index is -0.302. The molecule has 1 saturated heterocycles. The van der Waals surface area contributed by atoms with Crippen LogP contribution >= 0.6 is 0 Å². The van der Waals surface area contributed by atoms with Gasteiger partial charge in [-0.2, -0.15) is 0 Å². The summed E-state index contributed by atoms with van der Waals surface area (Å²) in [6.07, 6.45) is 6.11. The number of hydrogen-bond donors (Lipinski definition) is 2. The van der Waals surface area contributed by atoms with Gasteiger partial charge in [-0.1, -0.05) is 17.3 Å². The minimum absolute atomic E-state index is 0.0302. The van der Waals surface area contributed by atoms with Crippen LogP contribution in [-0.4, -0.2) is 47.0 Å². The number of nitrogens with one attached hydrogen (secondary N) is 2. The summed E-state index contributed by atoms with van der Waals surface area (Å²) in [6, 6.07) is 8.17. The number of nitrogens with zero attached hydrogens (tertiary/aromatic N) is 2. The van der Waals surface area contributed by atoms with E-state index in [1.807, 2.05) is 0 Å². The maximum absolute atomic E-state index is 13.3. The molecule has 160 valence electrons. The van der Waals surface area contributed by atoms with Crippen LogP contribution < -0.4 is 10.6 Å². The van der Waals surface area contributed by atoms with Gasteiger partial charge in [-0.25, -0.2) is 4.39 Å². The molecule has 1 aromatic carbocycles. The SMILES string of the molecule is O=C(C[C@H]1CC[C@@H](CNC(=O)c2ccon2)N1CC1CC1)NCc1cccc(F)c1. The van der Waals surface area contributed by atoms with Gasteiger partial charge in [0.15, 0.2) is 5.69 Å². The molecule has 0 spiro atoms. The highest BCUT2D eigenvalue weighted by Gasteiger charge is 2.38. The number of rotatable bonds is 9. The zero-order chi connectivity index (χ0) is 20.9. The summed E-state index contributed by atoms with van der Waals surface area (Å²) in [7, 11) is 0. The number of carbonyl (C=O) groups excluding carboxylic acids is 2. The van der Waals surface area contributed by atoms with Crippen LogP contribution in [0, 0.1) is 11.7 Å². The molecule has 1 saturated carbocycles. The molecule has 2 aromatic rings. The number of carbonyl (C=O) groups is 2. The standard InChI is InChI=1S/C22H27FN4O3/c23-17-3-1-2-16(10-17)12-24-21(28)11-18-6-7-19(27(18)14-15-4-5-15)13-25-22(29)20-8-9-30-26-20/h1-3,8-10,15,18-19H,4-7,11-14H2,(H,24,28)(H,25,29)/t18-,19+/m1/s1. The molecule has 2 heterocycles. The van der Waals surface area contributed by atoms with Gasteiger partial charge in [0, 0.05) is 44.2 Å². The fourth-order valence-corrected chi connectivity index (χ4v) is 4.11. The van der Waals surface area contributed by atoms with Crippen LogP contribution in [0.15, 0.2) is 41.1 Å². The van der Waals surface area contributed by atoms with Crippen molar-refractivity contribution >= 4 is 11.8 Å². The molecule has 2 fully saturated rings. The Balaban J connectivity index is 1.29. The average molecular weight is 414 g/mol. The molecular formula is C22H27FN4O3. The Hall–Kier alpha value is -2.74. The summed E-state index contributed by atoms with van der Waals surface area (Å²) in [5.41, 5.74) is 1.02. The van der Waals surface area contributed by atoms with Gasteiger partial charge >= 0.3 is 0 Å². The lowest BCUT2D eigenvalue weighted by molar-refractivity contribution is -0.122. The van der Waals surface area contributed by atoms with Gasteiger partial charge < -0.3 is 15.2 Å². The molecule has 4 rings (SSSR count). The van der Waals surface area contributed by atoms with Gasteiger partial charge in [0.2, 0.25) is 5.91 Å². The van der Waals surface area contributed by atoms with Crippen LogP contribution in [0.3, 0.4) is 0 Å². The van der Waals surface area contributed by atoms with Gasteiger partial charge in [-0.05, 0) is 49.3 Å². The van der Waals surface area contributed by atoms with Crippen molar-refractivity contribution in [2.45, 2.75) is 50.7 Å². The second-order valence-corrected chi connectivity index (χ2v) is 8.23. The zero-order valence-electron chi connectivity index (χ0n) is 16.9. The molecule has 1 aromatic heterocycles. The normalized spacial score (nSPS) is 21.5. The van der Waals surface area contributed by atoms with Crippen molar-refractivity contribution in [2.24, 2.45) is 5.92 Å². The molecule has 8 heteroatoms. The first kappa shape index (κ1) is 20.5. The van der Waals surface area contributed by atoms with Crippen molar-refractivity contribution in [3.63, 3.8) is 0 Å². The van der Waals surface area contributed by atoms with Crippen molar-refractivity contribution in [1.29, 1.82) is 0 Å². The lowest BCUT2D eigenvalue weighted by Gasteiger charge is -2.30. The van der Waals surface area contributed by atoms with E-state index in [1.165, 1.54) is 37.3 Å². The monoisotopic (exact) mass is 414 g/mol. The topological polar surface area (TPSA) is 87.5 Å². The van der Waals surface area contributed by atoms with Gasteiger partial charge in [0.05, 0.1) is 0 Å². The van der Waals surface area contributed by atoms with Crippen LogP contribution in [-0.2, 0) is 11.3 Å². The number of benzene rings is 1. The first-order valence-electron chi connectivity index (χ1n) is 10.5. The number of hydrogen-bond acceptors (Lipinski definition) is 5. The summed E-state index contributed by atoms with van der Waals surface area (Å²) in [4.78, 5) is 27.1. The Morgan fingerprint density at radius 2 is 1.97 bits per heavy atom. The van der Waals surface area contributed by atoms with Crippen molar-refractivity contribution < 1.29 is 18.5 Å². The number of aromatic nitrogens is 1. The van der Waals surface area contributed by atoms with Crippen LogP contribution in [0.25, 0.3) is 0 Å². The highest BCUT2D eigenvalue weighted by atomic mass is 19.1. The zero-order valence-corrected chi connectivity index (χ0v) is 16.9. The van der Waals surface area contributed by atoms with Gasteiger partial charge in [-0.3, -0.25) is 14.5 Å². The van der Waals surface area contributed by atoms with E-state index < -0.39 is 0 Å². The second-order valence-electron chi connectivity index (χ2n) is 8.23. The third-order valence-electron chi connectivity index (χ3n) is 5.91. The van der Waals surface area contributed by atoms with Gasteiger partial charge in [-0.15, -0.1) is 0 Å². The maximum Gasteiger partial charge on any atom is 0.273 e.